The van der Waals surface area contributed by atoms with Gasteiger partial charge in [0.2, 0.25) is 0 Å². The minimum Gasteiger partial charge on any atom is -0.302 e. The standard InChI is InChI=1S/C18H20O/c1-12-5-7-16(9-14(12)3)18(11-19)17-8-6-13(2)15(4)10-17/h5-11,18H,1-4H3. The topological polar surface area (TPSA) is 17.1 Å². The molecule has 1 heteroatoms. The second-order valence-corrected chi connectivity index (χ2v) is 5.30. The summed E-state index contributed by atoms with van der Waals surface area (Å²) in [6.45, 7) is 8.35. The highest BCUT2D eigenvalue weighted by Crippen LogP contribution is 2.26. The van der Waals surface area contributed by atoms with Gasteiger partial charge in [0.15, 0.2) is 0 Å². The lowest BCUT2D eigenvalue weighted by atomic mass is 9.89. The van der Waals surface area contributed by atoms with Crippen LogP contribution in [0.25, 0.3) is 0 Å². The van der Waals surface area contributed by atoms with Crippen LogP contribution in [0.4, 0.5) is 0 Å². The molecule has 0 atom stereocenters. The highest BCUT2D eigenvalue weighted by atomic mass is 16.1. The van der Waals surface area contributed by atoms with Crippen LogP contribution in [0, 0.1) is 27.7 Å². The third-order valence-corrected chi connectivity index (χ3v) is 3.92. The largest absolute Gasteiger partial charge is 0.302 e. The lowest BCUT2D eigenvalue weighted by molar-refractivity contribution is -0.108. The molecule has 0 aliphatic rings. The van der Waals surface area contributed by atoms with Gasteiger partial charge in [0.1, 0.15) is 6.29 Å². The zero-order valence-corrected chi connectivity index (χ0v) is 12.0. The van der Waals surface area contributed by atoms with Crippen molar-refractivity contribution < 1.29 is 4.79 Å². The molecule has 0 saturated heterocycles. The van der Waals surface area contributed by atoms with E-state index in [1.54, 1.807) is 0 Å². The summed E-state index contributed by atoms with van der Waals surface area (Å²) in [6.07, 6.45) is 1.04. The van der Waals surface area contributed by atoms with E-state index >= 15 is 0 Å². The number of carbonyl (C=O) groups excluding carboxylic acids is 1. The maximum Gasteiger partial charge on any atom is 0.131 e. The average Bonchev–Trinajstić information content (AvgIpc) is 2.39. The second-order valence-electron chi connectivity index (χ2n) is 5.30. The van der Waals surface area contributed by atoms with Crippen LogP contribution in [0.1, 0.15) is 39.3 Å². The Balaban J connectivity index is 2.46. The van der Waals surface area contributed by atoms with E-state index in [1.165, 1.54) is 22.3 Å². The van der Waals surface area contributed by atoms with Gasteiger partial charge in [0.05, 0.1) is 5.92 Å². The zero-order chi connectivity index (χ0) is 14.0. The number of aryl methyl sites for hydroxylation is 4. The van der Waals surface area contributed by atoms with E-state index in [1.807, 2.05) is 0 Å². The molecule has 0 heterocycles. The summed E-state index contributed by atoms with van der Waals surface area (Å²) in [4.78, 5) is 11.5. The van der Waals surface area contributed by atoms with Crippen LogP contribution < -0.4 is 0 Å². The normalized spacial score (nSPS) is 10.8. The van der Waals surface area contributed by atoms with Crippen molar-refractivity contribution in [2.75, 3.05) is 0 Å². The SMILES string of the molecule is Cc1ccc(C(C=O)c2ccc(C)c(C)c2)cc1C. The van der Waals surface area contributed by atoms with E-state index in [-0.39, 0.29) is 5.92 Å². The Hall–Kier alpha value is -1.89. The van der Waals surface area contributed by atoms with Crippen molar-refractivity contribution in [2.45, 2.75) is 33.6 Å². The van der Waals surface area contributed by atoms with Crippen LogP contribution in [0.5, 0.6) is 0 Å². The monoisotopic (exact) mass is 252 g/mol. The summed E-state index contributed by atoms with van der Waals surface area (Å²) in [5.74, 6) is -0.168. The van der Waals surface area contributed by atoms with Crippen LogP contribution in [-0.2, 0) is 4.79 Å². The first-order valence-corrected chi connectivity index (χ1v) is 6.62. The van der Waals surface area contributed by atoms with Gasteiger partial charge in [-0.1, -0.05) is 36.4 Å². The molecule has 98 valence electrons. The minimum absolute atomic E-state index is 0.168. The molecule has 0 spiro atoms. The fourth-order valence-electron chi connectivity index (χ4n) is 2.27. The Kier molecular flexibility index (Phi) is 3.84. The van der Waals surface area contributed by atoms with Crippen molar-refractivity contribution in [1.82, 2.24) is 0 Å². The number of hydrogen-bond acceptors (Lipinski definition) is 1. The number of aldehydes is 1. The third-order valence-electron chi connectivity index (χ3n) is 3.92. The first kappa shape index (κ1) is 13.5. The molecule has 0 unspecified atom stereocenters. The molecule has 0 aliphatic heterocycles. The fourth-order valence-corrected chi connectivity index (χ4v) is 2.27. The Morgan fingerprint density at radius 1 is 0.737 bits per heavy atom. The summed E-state index contributed by atoms with van der Waals surface area (Å²) in [6, 6.07) is 12.5. The van der Waals surface area contributed by atoms with Gasteiger partial charge in [-0.2, -0.15) is 0 Å². The summed E-state index contributed by atoms with van der Waals surface area (Å²) in [5, 5.41) is 0. The molecule has 0 saturated carbocycles. The molecule has 2 rings (SSSR count). The number of hydrogen-bond donors (Lipinski definition) is 0. The van der Waals surface area contributed by atoms with Crippen LogP contribution in [0.2, 0.25) is 0 Å². The van der Waals surface area contributed by atoms with E-state index in [0.717, 1.165) is 17.4 Å². The lowest BCUT2D eigenvalue weighted by Gasteiger charge is -2.14. The maximum absolute atomic E-state index is 11.5. The van der Waals surface area contributed by atoms with Gasteiger partial charge in [-0.25, -0.2) is 0 Å². The number of rotatable bonds is 3. The van der Waals surface area contributed by atoms with Crippen molar-refractivity contribution in [3.05, 3.63) is 69.8 Å². The summed E-state index contributed by atoms with van der Waals surface area (Å²) < 4.78 is 0. The summed E-state index contributed by atoms with van der Waals surface area (Å²) in [7, 11) is 0. The predicted molar refractivity (Wildman–Crippen MR) is 79.7 cm³/mol. The maximum atomic E-state index is 11.5. The van der Waals surface area contributed by atoms with Crippen LogP contribution in [-0.4, -0.2) is 6.29 Å². The lowest BCUT2D eigenvalue weighted by Crippen LogP contribution is -2.04. The van der Waals surface area contributed by atoms with E-state index < -0.39 is 0 Å². The average molecular weight is 252 g/mol. The first-order chi connectivity index (χ1) is 9.02. The Bertz CT molecular complexity index is 560. The molecule has 0 radical (unpaired) electrons. The van der Waals surface area contributed by atoms with Gasteiger partial charge in [0, 0.05) is 0 Å². The van der Waals surface area contributed by atoms with Crippen LogP contribution in [0.3, 0.4) is 0 Å². The molecular formula is C18H20O. The minimum atomic E-state index is -0.168. The molecule has 0 fully saturated rings. The number of benzene rings is 2. The molecule has 0 N–H and O–H groups in total. The molecule has 19 heavy (non-hydrogen) atoms. The van der Waals surface area contributed by atoms with E-state index in [2.05, 4.69) is 64.1 Å². The van der Waals surface area contributed by atoms with Gasteiger partial charge < -0.3 is 4.79 Å². The third kappa shape index (κ3) is 2.76. The molecule has 2 aromatic rings. The molecule has 0 amide bonds. The van der Waals surface area contributed by atoms with Crippen LogP contribution >= 0.6 is 0 Å². The van der Waals surface area contributed by atoms with E-state index in [4.69, 9.17) is 0 Å². The Morgan fingerprint density at radius 2 is 1.16 bits per heavy atom. The highest BCUT2D eigenvalue weighted by molar-refractivity contribution is 5.69. The smallest absolute Gasteiger partial charge is 0.131 e. The van der Waals surface area contributed by atoms with Gasteiger partial charge in [-0.05, 0) is 61.1 Å². The van der Waals surface area contributed by atoms with E-state index in [0.29, 0.717) is 0 Å². The zero-order valence-electron chi connectivity index (χ0n) is 12.0. The molecule has 1 nitrogen and oxygen atoms in total. The predicted octanol–water partition coefficient (Wildman–Crippen LogP) is 4.25. The fraction of sp³-hybridized carbons (Fsp3) is 0.278. The molecular weight excluding hydrogens is 232 g/mol. The summed E-state index contributed by atoms with van der Waals surface area (Å²) >= 11 is 0. The van der Waals surface area contributed by atoms with Gasteiger partial charge >= 0.3 is 0 Å². The first-order valence-electron chi connectivity index (χ1n) is 6.62. The van der Waals surface area contributed by atoms with Gasteiger partial charge in [-0.3, -0.25) is 0 Å². The Labute approximate surface area is 115 Å². The second kappa shape index (κ2) is 5.40. The van der Waals surface area contributed by atoms with Crippen molar-refractivity contribution in [3.8, 4) is 0 Å². The van der Waals surface area contributed by atoms with Gasteiger partial charge in [-0.15, -0.1) is 0 Å². The Morgan fingerprint density at radius 3 is 1.47 bits per heavy atom. The van der Waals surface area contributed by atoms with Crippen molar-refractivity contribution >= 4 is 6.29 Å². The van der Waals surface area contributed by atoms with Crippen molar-refractivity contribution in [1.29, 1.82) is 0 Å². The van der Waals surface area contributed by atoms with Crippen LogP contribution in [0.15, 0.2) is 36.4 Å². The molecule has 2 aromatic carbocycles. The molecule has 0 aromatic heterocycles. The van der Waals surface area contributed by atoms with Gasteiger partial charge in [0.25, 0.3) is 0 Å². The quantitative estimate of drug-likeness (QED) is 0.746. The molecule has 0 bridgehead atoms. The van der Waals surface area contributed by atoms with Crippen molar-refractivity contribution in [3.63, 3.8) is 0 Å². The molecule has 0 aliphatic carbocycles. The number of carbonyl (C=O) groups is 1. The summed E-state index contributed by atoms with van der Waals surface area (Å²) in [5.41, 5.74) is 7.12. The highest BCUT2D eigenvalue weighted by Gasteiger charge is 2.14. The van der Waals surface area contributed by atoms with E-state index in [9.17, 15) is 4.79 Å². The van der Waals surface area contributed by atoms with Crippen molar-refractivity contribution in [2.24, 2.45) is 0 Å².